The highest BCUT2D eigenvalue weighted by atomic mass is 19.4. The number of nitrogen functional groups attached to an aromatic ring is 1. The predicted molar refractivity (Wildman–Crippen MR) is 60.7 cm³/mol. The maximum Gasteiger partial charge on any atom is 0.390 e. The Morgan fingerprint density at radius 3 is 2.58 bits per heavy atom. The van der Waals surface area contributed by atoms with Gasteiger partial charge in [-0.15, -0.1) is 0 Å². The Bertz CT molecular complexity index is 739. The average Bonchev–Trinajstić information content (AvgIpc) is 2.50. The minimum atomic E-state index is -4.42. The molecule has 2 aromatic rings. The first-order valence-electron chi connectivity index (χ1n) is 5.22. The van der Waals surface area contributed by atoms with E-state index in [1.54, 1.807) is 0 Å². The number of fused-ring (bicyclic) bond motifs is 1. The van der Waals surface area contributed by atoms with Crippen LogP contribution in [-0.4, -0.2) is 25.3 Å². The van der Waals surface area contributed by atoms with Gasteiger partial charge in [0.05, 0.1) is 6.42 Å². The number of halogens is 3. The summed E-state index contributed by atoms with van der Waals surface area (Å²) in [5.41, 5.74) is 3.57. The molecule has 0 saturated heterocycles. The molecule has 2 rings (SSSR count). The molecule has 0 aliphatic rings. The molecule has 19 heavy (non-hydrogen) atoms. The van der Waals surface area contributed by atoms with Gasteiger partial charge >= 0.3 is 11.9 Å². The van der Waals surface area contributed by atoms with Crippen LogP contribution in [-0.2, 0) is 13.6 Å². The second-order valence-corrected chi connectivity index (χ2v) is 3.98. The van der Waals surface area contributed by atoms with Crippen LogP contribution >= 0.6 is 0 Å². The number of anilines is 1. The lowest BCUT2D eigenvalue weighted by molar-refractivity contribution is -0.136. The van der Waals surface area contributed by atoms with E-state index in [1.807, 2.05) is 0 Å². The number of nitrogens with two attached hydrogens (primary N) is 1. The van der Waals surface area contributed by atoms with Crippen molar-refractivity contribution in [2.45, 2.75) is 19.1 Å². The van der Waals surface area contributed by atoms with Crippen LogP contribution in [0.25, 0.3) is 11.2 Å². The number of nitrogens with one attached hydrogen (secondary N) is 1. The van der Waals surface area contributed by atoms with Crippen molar-refractivity contribution in [1.82, 2.24) is 19.1 Å². The zero-order valence-electron chi connectivity index (χ0n) is 9.78. The molecular weight excluding hydrogens is 267 g/mol. The quantitative estimate of drug-likeness (QED) is 0.804. The van der Waals surface area contributed by atoms with Crippen LogP contribution in [0.3, 0.4) is 0 Å². The molecule has 3 N–H and O–H groups in total. The summed E-state index contributed by atoms with van der Waals surface area (Å²) < 4.78 is 38.3. The summed E-state index contributed by atoms with van der Waals surface area (Å²) in [6.45, 7) is -0.644. The van der Waals surface area contributed by atoms with Crippen LogP contribution < -0.4 is 17.0 Å². The fourth-order valence-electron chi connectivity index (χ4n) is 1.76. The van der Waals surface area contributed by atoms with Gasteiger partial charge in [-0.1, -0.05) is 0 Å². The zero-order valence-corrected chi connectivity index (χ0v) is 9.78. The fourth-order valence-corrected chi connectivity index (χ4v) is 1.76. The van der Waals surface area contributed by atoms with Crippen molar-refractivity contribution in [2.75, 3.05) is 5.73 Å². The van der Waals surface area contributed by atoms with Crippen molar-refractivity contribution in [3.63, 3.8) is 0 Å². The molecular formula is C9H10F3N5O2. The van der Waals surface area contributed by atoms with E-state index in [0.717, 1.165) is 9.13 Å². The van der Waals surface area contributed by atoms with Crippen LogP contribution in [0.2, 0.25) is 0 Å². The maximum absolute atomic E-state index is 12.2. The van der Waals surface area contributed by atoms with E-state index in [0.29, 0.717) is 0 Å². The number of nitrogens with zero attached hydrogens (tertiary/aromatic N) is 3. The standard InChI is InChI=1S/C9H10F3N5O2/c1-16-5-4(6(18)15-7(13)14-5)17(8(16)19)3-2-9(10,11)12/h2-3H2,1H3,(H3,13,14,15,18). The fraction of sp³-hybridized carbons (Fsp3) is 0.444. The first-order chi connectivity index (χ1) is 8.70. The Morgan fingerprint density at radius 1 is 1.37 bits per heavy atom. The Morgan fingerprint density at radius 2 is 2.00 bits per heavy atom. The molecule has 0 radical (unpaired) electrons. The van der Waals surface area contributed by atoms with Gasteiger partial charge in [0.25, 0.3) is 5.56 Å². The van der Waals surface area contributed by atoms with Gasteiger partial charge in [-0.05, 0) is 0 Å². The van der Waals surface area contributed by atoms with Crippen molar-refractivity contribution in [3.05, 3.63) is 20.8 Å². The number of hydrogen-bond acceptors (Lipinski definition) is 4. The van der Waals surface area contributed by atoms with Gasteiger partial charge in [-0.25, -0.2) is 4.79 Å². The Kier molecular flexibility index (Phi) is 2.87. The van der Waals surface area contributed by atoms with Crippen molar-refractivity contribution in [2.24, 2.45) is 7.05 Å². The highest BCUT2D eigenvalue weighted by Crippen LogP contribution is 2.20. The monoisotopic (exact) mass is 277 g/mol. The van der Waals surface area contributed by atoms with Crippen LogP contribution in [0.4, 0.5) is 19.1 Å². The molecule has 0 aliphatic carbocycles. The normalized spacial score (nSPS) is 12.2. The SMILES string of the molecule is Cn1c(=O)n(CCC(F)(F)F)c2c(=O)[nH]c(N)nc21. The molecule has 0 amide bonds. The summed E-state index contributed by atoms with van der Waals surface area (Å²) in [5, 5.41) is 0. The average molecular weight is 277 g/mol. The zero-order chi connectivity index (χ0) is 14.4. The van der Waals surface area contributed by atoms with E-state index in [1.165, 1.54) is 7.05 Å². The number of hydrogen-bond donors (Lipinski definition) is 2. The van der Waals surface area contributed by atoms with Gasteiger partial charge in [-0.3, -0.25) is 18.9 Å². The summed E-state index contributed by atoms with van der Waals surface area (Å²) in [5.74, 6) is -0.207. The highest BCUT2D eigenvalue weighted by Gasteiger charge is 2.28. The second-order valence-electron chi connectivity index (χ2n) is 3.98. The lowest BCUT2D eigenvalue weighted by atomic mass is 10.4. The molecule has 0 spiro atoms. The molecule has 104 valence electrons. The lowest BCUT2D eigenvalue weighted by Crippen LogP contribution is -2.26. The predicted octanol–water partition coefficient (Wildman–Crippen LogP) is -0.0421. The third-order valence-electron chi connectivity index (χ3n) is 2.62. The molecule has 0 aliphatic heterocycles. The van der Waals surface area contributed by atoms with Gasteiger partial charge in [0.15, 0.2) is 11.2 Å². The third kappa shape index (κ3) is 2.33. The number of rotatable bonds is 2. The van der Waals surface area contributed by atoms with Crippen LogP contribution in [0.1, 0.15) is 6.42 Å². The van der Waals surface area contributed by atoms with Gasteiger partial charge in [0.2, 0.25) is 5.95 Å². The van der Waals surface area contributed by atoms with Crippen molar-refractivity contribution >= 4 is 17.1 Å². The van der Waals surface area contributed by atoms with Gasteiger partial charge in [-0.2, -0.15) is 18.2 Å². The molecule has 0 aromatic carbocycles. The summed E-state index contributed by atoms with van der Waals surface area (Å²) in [7, 11) is 1.31. The number of aromatic nitrogens is 4. The van der Waals surface area contributed by atoms with Crippen molar-refractivity contribution in [3.8, 4) is 0 Å². The van der Waals surface area contributed by atoms with E-state index in [2.05, 4.69) is 9.97 Å². The maximum atomic E-state index is 12.2. The first kappa shape index (κ1) is 13.2. The molecule has 7 nitrogen and oxygen atoms in total. The summed E-state index contributed by atoms with van der Waals surface area (Å²) in [4.78, 5) is 29.4. The second kappa shape index (κ2) is 4.14. The lowest BCUT2D eigenvalue weighted by Gasteiger charge is -2.06. The summed E-state index contributed by atoms with van der Waals surface area (Å²) >= 11 is 0. The van der Waals surface area contributed by atoms with Crippen LogP contribution in [0.15, 0.2) is 9.59 Å². The molecule has 10 heteroatoms. The summed E-state index contributed by atoms with van der Waals surface area (Å²) in [6.07, 6.45) is -5.63. The van der Waals surface area contributed by atoms with Gasteiger partial charge in [0, 0.05) is 13.6 Å². The first-order valence-corrected chi connectivity index (χ1v) is 5.22. The highest BCUT2D eigenvalue weighted by molar-refractivity contribution is 5.71. The topological polar surface area (TPSA) is 98.7 Å². The van der Waals surface area contributed by atoms with E-state index in [9.17, 15) is 22.8 Å². The number of alkyl halides is 3. The molecule has 0 fully saturated rings. The smallest absolute Gasteiger partial charge is 0.369 e. The number of aromatic amines is 1. The molecule has 0 unspecified atom stereocenters. The van der Waals surface area contributed by atoms with Gasteiger partial charge < -0.3 is 5.73 Å². The number of aryl methyl sites for hydroxylation is 2. The van der Waals surface area contributed by atoms with Crippen LogP contribution in [0.5, 0.6) is 0 Å². The van der Waals surface area contributed by atoms with Crippen molar-refractivity contribution in [1.29, 1.82) is 0 Å². The minimum absolute atomic E-state index is 0.0478. The van der Waals surface area contributed by atoms with Gasteiger partial charge in [0.1, 0.15) is 0 Å². The van der Waals surface area contributed by atoms with Crippen molar-refractivity contribution < 1.29 is 13.2 Å². The Balaban J connectivity index is 2.65. The Labute approximate surface area is 103 Å². The van der Waals surface area contributed by atoms with E-state index >= 15 is 0 Å². The van der Waals surface area contributed by atoms with E-state index < -0.39 is 30.4 Å². The van der Waals surface area contributed by atoms with E-state index in [4.69, 9.17) is 5.73 Å². The molecule has 0 bridgehead atoms. The largest absolute Gasteiger partial charge is 0.390 e. The molecule has 0 saturated carbocycles. The van der Waals surface area contributed by atoms with Crippen LogP contribution in [0, 0.1) is 0 Å². The summed E-state index contributed by atoms with van der Waals surface area (Å²) in [6, 6.07) is 0. The number of imidazole rings is 1. The Hall–Kier alpha value is -2.26. The molecule has 2 aromatic heterocycles. The van der Waals surface area contributed by atoms with E-state index in [-0.39, 0.29) is 17.1 Å². The minimum Gasteiger partial charge on any atom is -0.369 e. The third-order valence-corrected chi connectivity index (χ3v) is 2.62. The molecule has 2 heterocycles. The molecule has 0 atom stereocenters. The number of H-pyrrole nitrogens is 1.